The van der Waals surface area contributed by atoms with Gasteiger partial charge in [-0.25, -0.2) is 4.39 Å². The lowest BCUT2D eigenvalue weighted by molar-refractivity contribution is -0.558. The monoisotopic (exact) mass is 520 g/mol. The van der Waals surface area contributed by atoms with E-state index in [-0.39, 0.29) is 33.0 Å². The molecule has 2 nitrogen and oxygen atoms in total. The molecule has 1 rings (SSSR count). The smallest absolute Gasteiger partial charge is 0.466 e. The Morgan fingerprint density at radius 1 is 0.964 bits per heavy atom. The van der Waals surface area contributed by atoms with E-state index in [9.17, 15) is 26.4 Å². The fourth-order valence-corrected chi connectivity index (χ4v) is 4.00. The van der Waals surface area contributed by atoms with Gasteiger partial charge < -0.3 is 22.0 Å². The van der Waals surface area contributed by atoms with Crippen LogP contribution in [0, 0.1) is 3.57 Å². The molecule has 160 valence electrons. The van der Waals surface area contributed by atoms with Gasteiger partial charge in [0.1, 0.15) is 5.83 Å². The molecule has 28 heavy (non-hydrogen) atoms. The van der Waals surface area contributed by atoms with Gasteiger partial charge >= 0.3 is 34.4 Å². The Bertz CT molecular complexity index is 547. The third kappa shape index (κ3) is 22.9. The normalized spacial score (nSPS) is 11.6. The lowest BCUT2D eigenvalue weighted by Gasteiger charge is -2.02. The van der Waals surface area contributed by atoms with Crippen molar-refractivity contribution >= 4 is 13.2 Å². The van der Waals surface area contributed by atoms with Gasteiger partial charge in [0.05, 0.1) is 6.61 Å². The molecule has 0 spiro atoms. The molecule has 0 saturated carbocycles. The summed E-state index contributed by atoms with van der Waals surface area (Å²) in [5.41, 5.74) is 0. The van der Waals surface area contributed by atoms with Crippen LogP contribution >= 0.6 is 0 Å². The quantitative estimate of drug-likeness (QED) is 0.138. The molecule has 0 atom stereocenters. The third-order valence-electron chi connectivity index (χ3n) is 3.40. The zero-order valence-electron chi connectivity index (χ0n) is 16.0. The van der Waals surface area contributed by atoms with Crippen molar-refractivity contribution in [2.75, 3.05) is 6.61 Å². The molecule has 0 aliphatic heterocycles. The van der Waals surface area contributed by atoms with Crippen molar-refractivity contribution in [2.24, 2.45) is 0 Å². The van der Waals surface area contributed by atoms with Crippen molar-refractivity contribution in [1.29, 1.82) is 0 Å². The van der Waals surface area contributed by atoms with Gasteiger partial charge in [-0.2, -0.15) is 0 Å². The number of hydrogen-bond acceptors (Lipinski definition) is 2. The van der Waals surface area contributed by atoms with Gasteiger partial charge in [-0.1, -0.05) is 50.3 Å². The first-order valence-corrected chi connectivity index (χ1v) is 11.5. The first-order valence-electron chi connectivity index (χ1n) is 9.22. The van der Waals surface area contributed by atoms with Gasteiger partial charge in [-0.05, 0) is 25.0 Å². The molecule has 0 heterocycles. The topological polar surface area (TPSA) is 26.3 Å². The molecule has 0 aromatic heterocycles. The number of unbranched alkanes of at least 4 members (excludes halogenated alkanes) is 6. The van der Waals surface area contributed by atoms with E-state index in [1.54, 1.807) is 0 Å². The highest BCUT2D eigenvalue weighted by Gasteiger charge is 2.20. The number of carbonyl (C=O) groups is 1. The van der Waals surface area contributed by atoms with Gasteiger partial charge in [0.25, 0.3) is 0 Å². The highest BCUT2D eigenvalue weighted by molar-refractivity contribution is 6.50. The second kappa shape index (κ2) is 16.8. The molecular formula is C19H27BF5IO2. The van der Waals surface area contributed by atoms with Gasteiger partial charge in [0, 0.05) is 13.3 Å². The molecule has 9 heteroatoms. The average Bonchev–Trinajstić information content (AvgIpc) is 2.61. The van der Waals surface area contributed by atoms with Crippen LogP contribution in [-0.4, -0.2) is 19.8 Å². The first-order chi connectivity index (χ1) is 13.2. The number of esters is 1. The summed E-state index contributed by atoms with van der Waals surface area (Å²) in [6.45, 7) is 1.98. The summed E-state index contributed by atoms with van der Waals surface area (Å²) in [5.74, 6) is -0.141. The van der Waals surface area contributed by atoms with E-state index in [0.29, 0.717) is 13.0 Å². The fraction of sp³-hybridized carbons (Fsp3) is 0.526. The van der Waals surface area contributed by atoms with Crippen molar-refractivity contribution in [1.82, 2.24) is 0 Å². The van der Waals surface area contributed by atoms with Gasteiger partial charge in [0.15, 0.2) is 7.65 Å². The van der Waals surface area contributed by atoms with Crippen LogP contribution < -0.4 is 21.2 Å². The minimum atomic E-state index is -6.00. The van der Waals surface area contributed by atoms with Crippen molar-refractivity contribution in [3.05, 3.63) is 43.8 Å². The van der Waals surface area contributed by atoms with E-state index in [2.05, 4.69) is 12.1 Å². The van der Waals surface area contributed by atoms with Crippen molar-refractivity contribution < 1.29 is 52.4 Å². The Morgan fingerprint density at radius 3 is 2.00 bits per heavy atom. The predicted molar refractivity (Wildman–Crippen MR) is 98.1 cm³/mol. The molecule has 0 bridgehead atoms. The number of ether oxygens (including phenoxy) is 1. The Labute approximate surface area is 174 Å². The summed E-state index contributed by atoms with van der Waals surface area (Å²) in [4.78, 5) is 10.6. The minimum absolute atomic E-state index is 0.0584. The first kappa shape index (κ1) is 26.9. The summed E-state index contributed by atoms with van der Waals surface area (Å²) in [6.07, 6.45) is 8.17. The molecule has 0 aliphatic rings. The van der Waals surface area contributed by atoms with Gasteiger partial charge in [-0.3, -0.25) is 4.79 Å². The Kier molecular flexibility index (Phi) is 16.1. The number of rotatable bonds is 12. The van der Waals surface area contributed by atoms with E-state index >= 15 is 0 Å². The molecule has 0 radical (unpaired) electrons. The molecule has 0 unspecified atom stereocenters. The molecule has 0 saturated heterocycles. The average molecular weight is 520 g/mol. The maximum absolute atomic E-state index is 13.7. The van der Waals surface area contributed by atoms with E-state index < -0.39 is 7.25 Å². The fourth-order valence-electron chi connectivity index (χ4n) is 2.16. The van der Waals surface area contributed by atoms with E-state index in [0.717, 1.165) is 32.1 Å². The van der Waals surface area contributed by atoms with Crippen molar-refractivity contribution in [2.45, 2.75) is 58.3 Å². The molecule has 1 aromatic carbocycles. The second-order valence-corrected chi connectivity index (χ2v) is 8.51. The molecular weight excluding hydrogens is 493 g/mol. The van der Waals surface area contributed by atoms with Gasteiger partial charge in [0.2, 0.25) is 0 Å². The molecule has 1 aromatic rings. The van der Waals surface area contributed by atoms with Crippen LogP contribution in [0.4, 0.5) is 21.7 Å². The SMILES string of the molecule is CC(=O)OCCCCCCCCC/C(F)=C/[I+]c1ccccc1.F[B-](F)(F)F. The summed E-state index contributed by atoms with van der Waals surface area (Å²) < 4.78 is 60.7. The number of halogens is 6. The zero-order chi connectivity index (χ0) is 21.3. The van der Waals surface area contributed by atoms with E-state index in [4.69, 9.17) is 4.74 Å². The van der Waals surface area contributed by atoms with Crippen LogP contribution in [0.15, 0.2) is 40.2 Å². The third-order valence-corrected chi connectivity index (χ3v) is 5.82. The zero-order valence-corrected chi connectivity index (χ0v) is 18.1. The molecule has 0 aliphatic carbocycles. The number of hydrogen-bond donors (Lipinski definition) is 0. The van der Waals surface area contributed by atoms with Gasteiger partial charge in [-0.15, -0.1) is 0 Å². The lowest BCUT2D eigenvalue weighted by Crippen LogP contribution is -3.59. The summed E-state index contributed by atoms with van der Waals surface area (Å²) >= 11 is -0.330. The standard InChI is InChI=1S/C19H27FIO2.BF4/c1-17(22)23-15-11-6-4-2-3-5-8-12-18(20)16-21-19-13-9-7-10-14-19;2-1(3,4)5/h7,9-10,13-14,16H,2-6,8,11-12,15H2,1H3;/q+1;-1/b18-16-;. The van der Waals surface area contributed by atoms with Crippen LogP contribution in [0.2, 0.25) is 0 Å². The van der Waals surface area contributed by atoms with Crippen LogP contribution in [0.3, 0.4) is 0 Å². The minimum Gasteiger partial charge on any atom is -0.466 e. The van der Waals surface area contributed by atoms with E-state index in [1.165, 1.54) is 23.3 Å². The van der Waals surface area contributed by atoms with Crippen molar-refractivity contribution in [3.63, 3.8) is 0 Å². The Hall–Kier alpha value is -1.13. The lowest BCUT2D eigenvalue weighted by atomic mass is 10.1. The van der Waals surface area contributed by atoms with Crippen LogP contribution in [0.5, 0.6) is 0 Å². The largest absolute Gasteiger partial charge is 0.673 e. The summed E-state index contributed by atoms with van der Waals surface area (Å²) in [7, 11) is -6.00. The molecule has 0 N–H and O–H groups in total. The van der Waals surface area contributed by atoms with Crippen molar-refractivity contribution in [3.8, 4) is 0 Å². The van der Waals surface area contributed by atoms with Crippen LogP contribution in [0.1, 0.15) is 58.3 Å². The number of allylic oxidation sites excluding steroid dienone is 1. The highest BCUT2D eigenvalue weighted by atomic mass is 127. The maximum Gasteiger partial charge on any atom is 0.673 e. The summed E-state index contributed by atoms with van der Waals surface area (Å²) in [6, 6.07) is 10.1. The number of benzene rings is 1. The molecule has 0 fully saturated rings. The van der Waals surface area contributed by atoms with Crippen LogP contribution in [0.25, 0.3) is 0 Å². The molecule has 0 amide bonds. The Morgan fingerprint density at radius 2 is 1.46 bits per heavy atom. The highest BCUT2D eigenvalue weighted by Crippen LogP contribution is 2.12. The van der Waals surface area contributed by atoms with E-state index in [1.807, 2.05) is 22.3 Å². The second-order valence-electron chi connectivity index (χ2n) is 6.02. The summed E-state index contributed by atoms with van der Waals surface area (Å²) in [5, 5.41) is 0. The maximum atomic E-state index is 13.7. The predicted octanol–water partition coefficient (Wildman–Crippen LogP) is 3.74. The number of carbonyl (C=O) groups excluding carboxylic acids is 1. The Balaban J connectivity index is 0.00000129. The van der Waals surface area contributed by atoms with Crippen LogP contribution in [-0.2, 0) is 9.53 Å².